The summed E-state index contributed by atoms with van der Waals surface area (Å²) >= 11 is 0. The maximum Gasteiger partial charge on any atom is 0.161 e. The predicted molar refractivity (Wildman–Crippen MR) is 34.7 cm³/mol. The highest BCUT2D eigenvalue weighted by molar-refractivity contribution is 7.91. The van der Waals surface area contributed by atoms with E-state index in [0.29, 0.717) is 24.6 Å². The van der Waals surface area contributed by atoms with Crippen LogP contribution in [0.2, 0.25) is 0 Å². The Labute approximate surface area is 55.6 Å². The molecule has 0 aromatic carbocycles. The number of hydrogen-bond donors (Lipinski definition) is 1. The van der Waals surface area contributed by atoms with Crippen LogP contribution in [0, 0.1) is 7.05 Å². The normalized spacial score (nSPS) is 28.1. The van der Waals surface area contributed by atoms with Gasteiger partial charge in [0.2, 0.25) is 0 Å². The molecule has 1 aliphatic rings. The van der Waals surface area contributed by atoms with Crippen molar-refractivity contribution in [2.75, 3.05) is 24.6 Å². The monoisotopic (exact) mass is 149 g/mol. The molecule has 3 nitrogen and oxygen atoms in total. The zero-order valence-electron chi connectivity index (χ0n) is 5.26. The van der Waals surface area contributed by atoms with Gasteiger partial charge in [-0.05, 0) is 0 Å². The van der Waals surface area contributed by atoms with Crippen LogP contribution in [0.4, 0.5) is 0 Å². The molecular formula is C5H11NO2S. The Kier molecular flexibility index (Phi) is 1.77. The average Bonchev–Trinajstić information content (AvgIpc) is 1.78. The molecular weight excluding hydrogens is 138 g/mol. The summed E-state index contributed by atoms with van der Waals surface area (Å²) in [7, 11) is 1.04. The highest BCUT2D eigenvalue weighted by Crippen LogP contribution is 1.88. The topological polar surface area (TPSA) is 38.6 Å². The second-order valence-corrected chi connectivity index (χ2v) is 4.71. The maximum atomic E-state index is 10.8. The minimum absolute atomic E-state index is 0.311. The molecule has 1 saturated heterocycles. The van der Waals surface area contributed by atoms with Gasteiger partial charge in [-0.2, -0.15) is 7.05 Å². The molecule has 0 radical (unpaired) electrons. The molecule has 0 aliphatic carbocycles. The molecule has 0 amide bonds. The Morgan fingerprint density at radius 2 is 1.67 bits per heavy atom. The highest BCUT2D eigenvalue weighted by Gasteiger charge is 2.18. The number of sulfone groups is 1. The molecule has 0 bridgehead atoms. The van der Waals surface area contributed by atoms with E-state index < -0.39 is 9.84 Å². The van der Waals surface area contributed by atoms with Gasteiger partial charge in [0, 0.05) is 0 Å². The SMILES string of the molecule is [CH2-][NH+]1CCS(=O)(=O)CC1. The lowest BCUT2D eigenvalue weighted by Crippen LogP contribution is -3.09. The summed E-state index contributed by atoms with van der Waals surface area (Å²) in [6, 6.07) is 0. The van der Waals surface area contributed by atoms with Crippen LogP contribution in [-0.4, -0.2) is 33.0 Å². The number of nitrogens with one attached hydrogen (secondary N) is 1. The second-order valence-electron chi connectivity index (χ2n) is 2.40. The van der Waals surface area contributed by atoms with Crippen molar-refractivity contribution in [1.82, 2.24) is 0 Å². The summed E-state index contributed by atoms with van der Waals surface area (Å²) in [6.45, 7) is 1.34. The highest BCUT2D eigenvalue weighted by atomic mass is 32.2. The molecule has 0 saturated carbocycles. The van der Waals surface area contributed by atoms with Crippen LogP contribution in [0.1, 0.15) is 0 Å². The molecule has 1 rings (SSSR count). The zero-order valence-corrected chi connectivity index (χ0v) is 6.08. The molecule has 0 aromatic heterocycles. The number of rotatable bonds is 0. The largest absolute Gasteiger partial charge is 0.466 e. The molecule has 0 atom stereocenters. The van der Waals surface area contributed by atoms with Crippen LogP contribution in [-0.2, 0) is 9.84 Å². The fourth-order valence-electron chi connectivity index (χ4n) is 0.827. The maximum absolute atomic E-state index is 10.8. The van der Waals surface area contributed by atoms with Gasteiger partial charge in [-0.15, -0.1) is 0 Å². The summed E-state index contributed by atoms with van der Waals surface area (Å²) in [4.78, 5) is 1.07. The third kappa shape index (κ3) is 1.95. The van der Waals surface area contributed by atoms with Gasteiger partial charge in [0.1, 0.15) is 0 Å². The van der Waals surface area contributed by atoms with Crippen LogP contribution >= 0.6 is 0 Å². The fraction of sp³-hybridized carbons (Fsp3) is 0.800. The van der Waals surface area contributed by atoms with Crippen LogP contribution in [0.5, 0.6) is 0 Å². The predicted octanol–water partition coefficient (Wildman–Crippen LogP) is -1.91. The van der Waals surface area contributed by atoms with Crippen LogP contribution < -0.4 is 4.90 Å². The quantitative estimate of drug-likeness (QED) is 0.408. The van der Waals surface area contributed by atoms with E-state index >= 15 is 0 Å². The first-order valence-electron chi connectivity index (χ1n) is 2.97. The minimum Gasteiger partial charge on any atom is -0.466 e. The van der Waals surface area contributed by atoms with Gasteiger partial charge in [0.15, 0.2) is 9.84 Å². The van der Waals surface area contributed by atoms with Crippen molar-refractivity contribution >= 4 is 9.84 Å². The van der Waals surface area contributed by atoms with E-state index in [0.717, 1.165) is 4.90 Å². The van der Waals surface area contributed by atoms with Crippen LogP contribution in [0.15, 0.2) is 0 Å². The van der Waals surface area contributed by atoms with Crippen molar-refractivity contribution in [3.8, 4) is 0 Å². The van der Waals surface area contributed by atoms with Gasteiger partial charge in [-0.25, -0.2) is 8.42 Å². The summed E-state index contributed by atoms with van der Waals surface area (Å²) in [5, 5.41) is 0. The first-order valence-corrected chi connectivity index (χ1v) is 4.79. The fourth-order valence-corrected chi connectivity index (χ4v) is 2.23. The van der Waals surface area contributed by atoms with Gasteiger partial charge >= 0.3 is 0 Å². The molecule has 4 heteroatoms. The lowest BCUT2D eigenvalue weighted by atomic mass is 10.6. The van der Waals surface area contributed by atoms with Gasteiger partial charge in [-0.1, -0.05) is 0 Å². The smallest absolute Gasteiger partial charge is 0.161 e. The van der Waals surface area contributed by atoms with E-state index in [9.17, 15) is 8.42 Å². The van der Waals surface area contributed by atoms with E-state index in [1.165, 1.54) is 0 Å². The lowest BCUT2D eigenvalue weighted by Gasteiger charge is -2.24. The molecule has 0 aromatic rings. The van der Waals surface area contributed by atoms with Crippen LogP contribution in [0.3, 0.4) is 0 Å². The van der Waals surface area contributed by atoms with Gasteiger partial charge in [0.25, 0.3) is 0 Å². The summed E-state index contributed by atoms with van der Waals surface area (Å²) in [6.07, 6.45) is 0. The standard InChI is InChI=1S/C5H11NO2S/c1-6-2-4-9(7,8)5-3-6/h6H,1-5H2. The van der Waals surface area contributed by atoms with Crippen molar-refractivity contribution in [2.45, 2.75) is 0 Å². The summed E-state index contributed by atoms with van der Waals surface area (Å²) < 4.78 is 21.5. The van der Waals surface area contributed by atoms with Crippen molar-refractivity contribution in [1.29, 1.82) is 0 Å². The van der Waals surface area contributed by atoms with E-state index in [1.54, 1.807) is 0 Å². The second kappa shape index (κ2) is 2.27. The third-order valence-electron chi connectivity index (χ3n) is 1.53. The molecule has 1 heterocycles. The molecule has 1 N–H and O–H groups in total. The Morgan fingerprint density at radius 3 is 2.00 bits per heavy atom. The number of quaternary nitrogens is 1. The van der Waals surface area contributed by atoms with E-state index in [4.69, 9.17) is 0 Å². The average molecular weight is 149 g/mol. The summed E-state index contributed by atoms with van der Waals surface area (Å²) in [5.74, 6) is 0.623. The molecule has 1 aliphatic heterocycles. The van der Waals surface area contributed by atoms with E-state index in [-0.39, 0.29) is 0 Å². The Balaban J connectivity index is 2.55. The van der Waals surface area contributed by atoms with E-state index in [2.05, 4.69) is 7.05 Å². The first kappa shape index (κ1) is 7.02. The van der Waals surface area contributed by atoms with Crippen molar-refractivity contribution in [2.24, 2.45) is 0 Å². The first-order chi connectivity index (χ1) is 4.10. The third-order valence-corrected chi connectivity index (χ3v) is 3.19. The Bertz CT molecular complexity index is 171. The minimum atomic E-state index is -2.68. The van der Waals surface area contributed by atoms with E-state index in [1.807, 2.05) is 0 Å². The molecule has 9 heavy (non-hydrogen) atoms. The van der Waals surface area contributed by atoms with Crippen molar-refractivity contribution in [3.63, 3.8) is 0 Å². The number of hydrogen-bond acceptors (Lipinski definition) is 2. The lowest BCUT2D eigenvalue weighted by molar-refractivity contribution is -0.849. The molecule has 54 valence electrons. The van der Waals surface area contributed by atoms with Gasteiger partial charge < -0.3 is 4.90 Å². The molecule has 1 fully saturated rings. The Hall–Kier alpha value is -0.0900. The molecule has 0 unspecified atom stereocenters. The Morgan fingerprint density at radius 1 is 1.22 bits per heavy atom. The zero-order chi connectivity index (χ0) is 6.91. The van der Waals surface area contributed by atoms with Crippen molar-refractivity contribution in [3.05, 3.63) is 7.05 Å². The van der Waals surface area contributed by atoms with Crippen LogP contribution in [0.25, 0.3) is 0 Å². The molecule has 0 spiro atoms. The summed E-state index contributed by atoms with van der Waals surface area (Å²) in [5.41, 5.74) is 0. The van der Waals surface area contributed by atoms with Gasteiger partial charge in [-0.3, -0.25) is 0 Å². The van der Waals surface area contributed by atoms with Gasteiger partial charge in [0.05, 0.1) is 24.6 Å². The van der Waals surface area contributed by atoms with Crippen molar-refractivity contribution < 1.29 is 13.3 Å².